The number of carbonyl (C=O) groups excluding carboxylic acids is 1. The Morgan fingerprint density at radius 2 is 1.75 bits per heavy atom. The molecular formula is C15H31ClN4O3S. The molecule has 2 aliphatic rings. The number of nitrogens with one attached hydrogen (secondary N) is 1. The smallest absolute Gasteiger partial charge is 0.223 e. The van der Waals surface area contributed by atoms with Crippen molar-refractivity contribution in [2.24, 2.45) is 0 Å². The first kappa shape index (κ1) is 21.6. The predicted octanol–water partition coefficient (Wildman–Crippen LogP) is -0.0240. The Hall–Kier alpha value is -0.410. The maximum absolute atomic E-state index is 12.2. The highest BCUT2D eigenvalue weighted by Crippen LogP contribution is 2.19. The van der Waals surface area contributed by atoms with Gasteiger partial charge in [-0.2, -0.15) is 4.31 Å². The number of sulfonamides is 1. The van der Waals surface area contributed by atoms with E-state index >= 15 is 0 Å². The first-order valence-electron chi connectivity index (χ1n) is 8.59. The molecule has 1 N–H and O–H groups in total. The molecule has 0 aromatic rings. The molecule has 7 nitrogen and oxygen atoms in total. The fourth-order valence-corrected chi connectivity index (χ4v) is 4.74. The largest absolute Gasteiger partial charge is 0.340 e. The fourth-order valence-electron chi connectivity index (χ4n) is 3.52. The van der Waals surface area contributed by atoms with Crippen LogP contribution < -0.4 is 5.32 Å². The Bertz CT molecular complexity index is 489. The summed E-state index contributed by atoms with van der Waals surface area (Å²) in [5, 5.41) is 3.25. The van der Waals surface area contributed by atoms with Crippen LogP contribution in [-0.2, 0) is 14.8 Å². The first-order chi connectivity index (χ1) is 10.9. The third-order valence-electron chi connectivity index (χ3n) is 4.81. The highest BCUT2D eigenvalue weighted by Gasteiger charge is 2.29. The van der Waals surface area contributed by atoms with Crippen molar-refractivity contribution in [1.29, 1.82) is 0 Å². The molecule has 0 radical (unpaired) electrons. The summed E-state index contributed by atoms with van der Waals surface area (Å²) in [6.45, 7) is 8.31. The van der Waals surface area contributed by atoms with Gasteiger partial charge in [-0.15, -0.1) is 12.4 Å². The van der Waals surface area contributed by atoms with E-state index in [0.29, 0.717) is 13.0 Å². The molecule has 0 spiro atoms. The van der Waals surface area contributed by atoms with Crippen LogP contribution in [0.2, 0.25) is 0 Å². The third kappa shape index (κ3) is 6.15. The van der Waals surface area contributed by atoms with Gasteiger partial charge >= 0.3 is 0 Å². The maximum atomic E-state index is 12.2. The van der Waals surface area contributed by atoms with E-state index in [9.17, 15) is 13.2 Å². The number of nitrogens with zero attached hydrogens (tertiary/aromatic N) is 3. The van der Waals surface area contributed by atoms with Crippen LogP contribution in [0.15, 0.2) is 0 Å². The van der Waals surface area contributed by atoms with Crippen molar-refractivity contribution >= 4 is 28.3 Å². The third-order valence-corrected chi connectivity index (χ3v) is 6.22. The Morgan fingerprint density at radius 3 is 2.25 bits per heavy atom. The van der Waals surface area contributed by atoms with E-state index in [2.05, 4.69) is 10.2 Å². The maximum Gasteiger partial charge on any atom is 0.223 e. The molecule has 0 unspecified atom stereocenters. The number of hydrogen-bond donors (Lipinski definition) is 1. The van der Waals surface area contributed by atoms with Gasteiger partial charge in [0.1, 0.15) is 0 Å². The Labute approximate surface area is 152 Å². The molecule has 0 bridgehead atoms. The molecule has 0 aromatic carbocycles. The van der Waals surface area contributed by atoms with Gasteiger partial charge < -0.3 is 15.1 Å². The number of piperazine rings is 1. The quantitative estimate of drug-likeness (QED) is 0.698. The van der Waals surface area contributed by atoms with Crippen LogP contribution in [0.4, 0.5) is 0 Å². The second kappa shape index (κ2) is 9.91. The van der Waals surface area contributed by atoms with Crippen molar-refractivity contribution in [3.8, 4) is 0 Å². The molecule has 0 aliphatic carbocycles. The van der Waals surface area contributed by atoms with Crippen molar-refractivity contribution in [1.82, 2.24) is 19.4 Å². The van der Waals surface area contributed by atoms with Gasteiger partial charge in [-0.05, 0) is 25.9 Å². The topological polar surface area (TPSA) is 73.0 Å². The SMILES string of the molecule is CCN(C1CCN(CCC(=O)N2CCNCC2)CC1)S(C)(=O)=O.Cl. The Balaban J connectivity index is 0.00000288. The van der Waals surface area contributed by atoms with Gasteiger partial charge in [0.25, 0.3) is 0 Å². The van der Waals surface area contributed by atoms with E-state index < -0.39 is 10.0 Å². The lowest BCUT2D eigenvalue weighted by Crippen LogP contribution is -2.49. The zero-order valence-corrected chi connectivity index (χ0v) is 16.4. The first-order valence-corrected chi connectivity index (χ1v) is 10.4. The Morgan fingerprint density at radius 1 is 1.17 bits per heavy atom. The zero-order valence-electron chi connectivity index (χ0n) is 14.7. The highest BCUT2D eigenvalue weighted by atomic mass is 35.5. The van der Waals surface area contributed by atoms with E-state index in [0.717, 1.165) is 58.7 Å². The summed E-state index contributed by atoms with van der Waals surface area (Å²) in [7, 11) is -3.12. The standard InChI is InChI=1S/C15H30N4O3S.ClH/c1-3-19(23(2,21)22)14-4-9-17(10-5-14)11-6-15(20)18-12-7-16-8-13-18;/h14,16H,3-13H2,1-2H3;1H. The van der Waals surface area contributed by atoms with Gasteiger partial charge in [-0.25, -0.2) is 8.42 Å². The van der Waals surface area contributed by atoms with Crippen LogP contribution in [0.3, 0.4) is 0 Å². The minimum atomic E-state index is -3.12. The van der Waals surface area contributed by atoms with E-state index in [-0.39, 0.29) is 24.4 Å². The average Bonchev–Trinajstić information content (AvgIpc) is 2.54. The minimum Gasteiger partial charge on any atom is -0.340 e. The summed E-state index contributed by atoms with van der Waals surface area (Å²) in [6.07, 6.45) is 3.55. The molecule has 0 saturated carbocycles. The summed E-state index contributed by atoms with van der Waals surface area (Å²) >= 11 is 0. The van der Waals surface area contributed by atoms with Gasteiger partial charge in [0.15, 0.2) is 0 Å². The van der Waals surface area contributed by atoms with Crippen LogP contribution in [0.5, 0.6) is 0 Å². The molecule has 2 aliphatic heterocycles. The number of amides is 1. The van der Waals surface area contributed by atoms with Gasteiger partial charge in [0.05, 0.1) is 6.26 Å². The minimum absolute atomic E-state index is 0. The Kier molecular flexibility index (Phi) is 8.94. The summed E-state index contributed by atoms with van der Waals surface area (Å²) < 4.78 is 25.2. The summed E-state index contributed by atoms with van der Waals surface area (Å²) in [5.74, 6) is 0.236. The highest BCUT2D eigenvalue weighted by molar-refractivity contribution is 7.88. The molecule has 2 rings (SSSR count). The number of carbonyl (C=O) groups is 1. The predicted molar refractivity (Wildman–Crippen MR) is 98.0 cm³/mol. The second-order valence-electron chi connectivity index (χ2n) is 6.42. The van der Waals surface area contributed by atoms with Gasteiger partial charge in [0, 0.05) is 51.7 Å². The molecule has 2 saturated heterocycles. The van der Waals surface area contributed by atoms with Crippen molar-refractivity contribution in [2.75, 3.05) is 58.6 Å². The van der Waals surface area contributed by atoms with Crippen molar-refractivity contribution < 1.29 is 13.2 Å². The second-order valence-corrected chi connectivity index (χ2v) is 8.35. The molecular weight excluding hydrogens is 352 g/mol. The summed E-state index contributed by atoms with van der Waals surface area (Å²) in [4.78, 5) is 16.4. The molecule has 142 valence electrons. The van der Waals surface area contributed by atoms with E-state index in [4.69, 9.17) is 0 Å². The summed E-state index contributed by atoms with van der Waals surface area (Å²) in [5.41, 5.74) is 0. The number of hydrogen-bond acceptors (Lipinski definition) is 5. The van der Waals surface area contributed by atoms with Gasteiger partial charge in [-0.1, -0.05) is 6.92 Å². The van der Waals surface area contributed by atoms with E-state index in [1.54, 1.807) is 4.31 Å². The van der Waals surface area contributed by atoms with Crippen LogP contribution >= 0.6 is 12.4 Å². The molecule has 1 amide bonds. The molecule has 0 aromatic heterocycles. The lowest BCUT2D eigenvalue weighted by molar-refractivity contribution is -0.132. The van der Waals surface area contributed by atoms with Crippen LogP contribution in [0.1, 0.15) is 26.2 Å². The molecule has 24 heavy (non-hydrogen) atoms. The van der Waals surface area contributed by atoms with E-state index in [1.165, 1.54) is 6.26 Å². The van der Waals surface area contributed by atoms with Crippen LogP contribution in [0.25, 0.3) is 0 Å². The molecule has 0 atom stereocenters. The lowest BCUT2D eigenvalue weighted by Gasteiger charge is -2.37. The van der Waals surface area contributed by atoms with Crippen LogP contribution in [0, 0.1) is 0 Å². The van der Waals surface area contributed by atoms with Crippen molar-refractivity contribution in [3.63, 3.8) is 0 Å². The summed E-state index contributed by atoms with van der Waals surface area (Å²) in [6, 6.07) is 0.107. The van der Waals surface area contributed by atoms with Crippen molar-refractivity contribution in [3.05, 3.63) is 0 Å². The number of likely N-dealkylation sites (tertiary alicyclic amines) is 1. The van der Waals surface area contributed by atoms with Crippen LogP contribution in [-0.4, -0.2) is 93.1 Å². The molecule has 2 heterocycles. The van der Waals surface area contributed by atoms with Gasteiger partial charge in [-0.3, -0.25) is 4.79 Å². The number of rotatable bonds is 6. The normalized spacial score (nSPS) is 20.9. The monoisotopic (exact) mass is 382 g/mol. The number of halogens is 1. The van der Waals surface area contributed by atoms with E-state index in [1.807, 2.05) is 11.8 Å². The number of piperidine rings is 1. The van der Waals surface area contributed by atoms with Crippen molar-refractivity contribution in [2.45, 2.75) is 32.2 Å². The fraction of sp³-hybridized carbons (Fsp3) is 0.933. The lowest BCUT2D eigenvalue weighted by atomic mass is 10.0. The van der Waals surface area contributed by atoms with Gasteiger partial charge in [0.2, 0.25) is 15.9 Å². The average molecular weight is 383 g/mol. The molecule has 2 fully saturated rings. The molecule has 9 heteroatoms. The zero-order chi connectivity index (χ0) is 16.9.